The predicted octanol–water partition coefficient (Wildman–Crippen LogP) is -2.62. The number of amides is 6. The predicted molar refractivity (Wildman–Crippen MR) is 91.7 cm³/mol. The summed E-state index contributed by atoms with van der Waals surface area (Å²) >= 11 is 0. The van der Waals surface area contributed by atoms with E-state index in [1.807, 2.05) is 0 Å². The highest BCUT2D eigenvalue weighted by Crippen LogP contribution is 2.61. The maximum atomic E-state index is 12.0. The molecule has 11 heteroatoms. The number of nitrogens with zero attached hydrogens (tertiary/aromatic N) is 4. The smallest absolute Gasteiger partial charge is 0.325 e. The van der Waals surface area contributed by atoms with Crippen molar-refractivity contribution >= 4 is 25.4 Å². The van der Waals surface area contributed by atoms with E-state index in [0.717, 1.165) is 0 Å². The van der Waals surface area contributed by atoms with Crippen molar-refractivity contribution in [3.8, 4) is 0 Å². The molecule has 1 heterocycles. The van der Waals surface area contributed by atoms with E-state index in [1.54, 1.807) is 61.9 Å². The van der Waals surface area contributed by atoms with Gasteiger partial charge in [-0.25, -0.2) is 14.4 Å². The van der Waals surface area contributed by atoms with Crippen LogP contribution in [0.1, 0.15) is 0 Å². The number of carbonyl (C=O) groups is 3. The van der Waals surface area contributed by atoms with Crippen LogP contribution in [-0.2, 0) is 0 Å². The molecule has 0 saturated carbocycles. The zero-order valence-corrected chi connectivity index (χ0v) is 16.8. The number of nitrogens with one attached hydrogen (secondary N) is 2. The Balaban J connectivity index is 0.00000529. The largest absolute Gasteiger partial charge is 1.00 e. The highest BCUT2D eigenvalue weighted by atomic mass is 35.5. The molecule has 0 unspecified atom stereocenters. The zero-order valence-electron chi connectivity index (χ0n) is 15.2. The van der Waals surface area contributed by atoms with Crippen LogP contribution in [0.4, 0.5) is 14.4 Å². The van der Waals surface area contributed by atoms with Crippen molar-refractivity contribution in [2.24, 2.45) is 0 Å². The summed E-state index contributed by atoms with van der Waals surface area (Å²) in [6.07, 6.45) is 2.24. The van der Waals surface area contributed by atoms with Crippen LogP contribution in [0, 0.1) is 0 Å². The Morgan fingerprint density at radius 2 is 1.33 bits per heavy atom. The van der Waals surface area contributed by atoms with E-state index in [2.05, 4.69) is 10.6 Å². The minimum atomic E-state index is -1.83. The van der Waals surface area contributed by atoms with Crippen molar-refractivity contribution in [2.45, 2.75) is 0 Å². The first-order valence-electron chi connectivity index (χ1n) is 7.33. The van der Waals surface area contributed by atoms with E-state index in [0.29, 0.717) is 25.1 Å². The average molecular weight is 383 g/mol. The van der Waals surface area contributed by atoms with Crippen LogP contribution in [0.3, 0.4) is 0 Å². The number of rotatable bonds is 4. The first-order valence-corrected chi connectivity index (χ1v) is 9.86. The minimum absolute atomic E-state index is 0. The summed E-state index contributed by atoms with van der Waals surface area (Å²) in [5.74, 6) is 0. The number of carbonyl (C=O) groups excluding carboxylic acids is 3. The van der Waals surface area contributed by atoms with Gasteiger partial charge in [-0.15, -0.1) is 0 Å². The second-order valence-corrected chi connectivity index (χ2v) is 9.91. The third-order valence-corrected chi connectivity index (χ3v) is 7.92. The first-order chi connectivity index (χ1) is 10.7. The third kappa shape index (κ3) is 5.27. The number of urea groups is 3. The second kappa shape index (κ2) is 9.13. The van der Waals surface area contributed by atoms with Gasteiger partial charge in [-0.2, -0.15) is 0 Å². The lowest BCUT2D eigenvalue weighted by atomic mass is 10.7. The first kappa shape index (κ1) is 22.5. The molecule has 1 saturated heterocycles. The molecule has 1 aliphatic rings. The number of halogens is 1. The second-order valence-electron chi connectivity index (χ2n) is 6.09. The number of hydrogen-bond acceptors (Lipinski definition) is 3. The van der Waals surface area contributed by atoms with E-state index in [4.69, 9.17) is 0 Å². The molecule has 0 aromatic rings. The fraction of sp³-hybridized carbons (Fsp3) is 0.769. The average Bonchev–Trinajstić information content (AvgIpc) is 2.50. The van der Waals surface area contributed by atoms with Gasteiger partial charge in [-0.1, -0.05) is 0 Å². The summed E-state index contributed by atoms with van der Waals surface area (Å²) in [5.41, 5.74) is 0. The van der Waals surface area contributed by atoms with Gasteiger partial charge in [-0.05, 0) is 0 Å². The Bertz CT molecular complexity index is 441. The SMILES string of the molecule is CNC(=O)N(C)C[P+]1(CN(C)C(=O)NC)CN(C)C(=O)N(C)C1.[Cl-]. The van der Waals surface area contributed by atoms with Crippen molar-refractivity contribution in [2.75, 3.05) is 67.4 Å². The molecule has 1 fully saturated rings. The molecule has 0 spiro atoms. The van der Waals surface area contributed by atoms with E-state index < -0.39 is 7.26 Å². The molecule has 24 heavy (non-hydrogen) atoms. The summed E-state index contributed by atoms with van der Waals surface area (Å²) in [5, 5.41) is 5.22. The van der Waals surface area contributed by atoms with Gasteiger partial charge in [0.05, 0.1) is 7.26 Å². The van der Waals surface area contributed by atoms with Crippen LogP contribution < -0.4 is 23.0 Å². The van der Waals surface area contributed by atoms with Gasteiger partial charge >= 0.3 is 18.1 Å². The van der Waals surface area contributed by atoms with Gasteiger partial charge in [0.25, 0.3) is 0 Å². The van der Waals surface area contributed by atoms with Crippen molar-refractivity contribution < 1.29 is 26.8 Å². The Kier molecular flexibility index (Phi) is 8.57. The lowest BCUT2D eigenvalue weighted by Crippen LogP contribution is -3.00. The summed E-state index contributed by atoms with van der Waals surface area (Å²) < 4.78 is 0. The summed E-state index contributed by atoms with van der Waals surface area (Å²) in [6.45, 7) is 0. The van der Waals surface area contributed by atoms with Gasteiger partial charge in [-0.3, -0.25) is 19.6 Å². The van der Waals surface area contributed by atoms with Crippen LogP contribution >= 0.6 is 7.26 Å². The van der Waals surface area contributed by atoms with Crippen LogP contribution in [0.5, 0.6) is 0 Å². The molecule has 0 bridgehead atoms. The van der Waals surface area contributed by atoms with Gasteiger partial charge in [0.15, 0.2) is 0 Å². The highest BCUT2D eigenvalue weighted by molar-refractivity contribution is 7.75. The molecule has 0 aliphatic carbocycles. The molecule has 0 radical (unpaired) electrons. The van der Waals surface area contributed by atoms with Crippen LogP contribution in [-0.4, -0.2) is 105 Å². The van der Waals surface area contributed by atoms with E-state index >= 15 is 0 Å². The quantitative estimate of drug-likeness (QED) is 0.522. The maximum Gasteiger partial charge on any atom is 0.325 e. The number of hydrogen-bond donors (Lipinski definition) is 2. The summed E-state index contributed by atoms with van der Waals surface area (Å²) in [7, 11) is 8.33. The van der Waals surface area contributed by atoms with Gasteiger partial charge in [0.1, 0.15) is 25.1 Å². The van der Waals surface area contributed by atoms with Gasteiger partial charge in [0.2, 0.25) is 0 Å². The van der Waals surface area contributed by atoms with Crippen molar-refractivity contribution in [3.05, 3.63) is 0 Å². The molecule has 140 valence electrons. The molecule has 0 aromatic heterocycles. The molecule has 0 aromatic carbocycles. The summed E-state index contributed by atoms with van der Waals surface area (Å²) in [4.78, 5) is 42.4. The normalized spacial score (nSPS) is 16.2. The molecule has 1 aliphatic heterocycles. The van der Waals surface area contributed by atoms with Crippen molar-refractivity contribution in [1.82, 2.24) is 30.2 Å². The molecule has 9 nitrogen and oxygen atoms in total. The zero-order chi connectivity index (χ0) is 17.8. The molecular formula is C13H28ClN6O3P. The van der Waals surface area contributed by atoms with E-state index in [-0.39, 0.29) is 30.5 Å². The molecule has 0 atom stereocenters. The standard InChI is InChI=1S/C13H27N6O3P.ClH/c1-14-11(20)16(3)7-23(8-17(4)12(21)15-2)9-18(5)13(22)19(6)10-23;/h7-10H2,1-6H3,(H-,14,15,20,21);1H. The Morgan fingerprint density at radius 1 is 1.00 bits per heavy atom. The van der Waals surface area contributed by atoms with Crippen molar-refractivity contribution in [3.63, 3.8) is 0 Å². The molecule has 2 N–H and O–H groups in total. The summed E-state index contributed by atoms with van der Waals surface area (Å²) in [6, 6.07) is -0.380. The maximum absolute atomic E-state index is 12.0. The minimum Gasteiger partial charge on any atom is -1.00 e. The lowest BCUT2D eigenvalue weighted by molar-refractivity contribution is -0.0000146. The van der Waals surface area contributed by atoms with Gasteiger partial charge < -0.3 is 23.0 Å². The van der Waals surface area contributed by atoms with E-state index in [9.17, 15) is 14.4 Å². The third-order valence-electron chi connectivity index (χ3n) is 3.82. The molecule has 6 amide bonds. The van der Waals surface area contributed by atoms with Crippen LogP contribution in [0.25, 0.3) is 0 Å². The van der Waals surface area contributed by atoms with Crippen molar-refractivity contribution in [1.29, 1.82) is 0 Å². The highest BCUT2D eigenvalue weighted by Gasteiger charge is 2.49. The van der Waals surface area contributed by atoms with Crippen LogP contribution in [0.2, 0.25) is 0 Å². The Labute approximate surface area is 150 Å². The molecule has 1 rings (SSSR count). The fourth-order valence-corrected chi connectivity index (χ4v) is 7.63. The monoisotopic (exact) mass is 382 g/mol. The van der Waals surface area contributed by atoms with Gasteiger partial charge in [0, 0.05) is 42.3 Å². The Hall–Kier alpha value is -1.47. The van der Waals surface area contributed by atoms with Crippen LogP contribution in [0.15, 0.2) is 0 Å². The fourth-order valence-electron chi connectivity index (χ4n) is 2.99. The van der Waals surface area contributed by atoms with E-state index in [1.165, 1.54) is 0 Å². The lowest BCUT2D eigenvalue weighted by Gasteiger charge is -2.42. The topological polar surface area (TPSA) is 88.2 Å². The Morgan fingerprint density at radius 3 is 1.62 bits per heavy atom. The molecular weight excluding hydrogens is 355 g/mol.